The van der Waals surface area contributed by atoms with E-state index < -0.39 is 0 Å². The fourth-order valence-electron chi connectivity index (χ4n) is 1.26. The van der Waals surface area contributed by atoms with Crippen molar-refractivity contribution in [2.45, 2.75) is 39.7 Å². The molecule has 0 aliphatic heterocycles. The first-order valence-electron chi connectivity index (χ1n) is 5.79. The lowest BCUT2D eigenvalue weighted by molar-refractivity contribution is 0.0952. The summed E-state index contributed by atoms with van der Waals surface area (Å²) in [7, 11) is 0. The third kappa shape index (κ3) is 3.74. The highest BCUT2D eigenvalue weighted by molar-refractivity contribution is 7.08. The van der Waals surface area contributed by atoms with E-state index in [0.29, 0.717) is 17.3 Å². The number of hydrogen-bond donors (Lipinski definition) is 2. The molecule has 6 heteroatoms. The minimum Gasteiger partial charge on any atom is -0.350 e. The van der Waals surface area contributed by atoms with Gasteiger partial charge in [-0.3, -0.25) is 4.79 Å². The van der Waals surface area contributed by atoms with E-state index >= 15 is 0 Å². The molecule has 1 unspecified atom stereocenters. The van der Waals surface area contributed by atoms with Gasteiger partial charge in [-0.15, -0.1) is 5.10 Å². The normalized spacial score (nSPS) is 13.1. The van der Waals surface area contributed by atoms with Gasteiger partial charge in [0.2, 0.25) is 0 Å². The molecule has 0 saturated carbocycles. The second kappa shape index (κ2) is 6.07. The minimum atomic E-state index is -0.125. The third-order valence-electron chi connectivity index (χ3n) is 2.62. The van der Waals surface area contributed by atoms with E-state index in [1.807, 2.05) is 27.7 Å². The molecule has 5 nitrogen and oxygen atoms in total. The molecule has 1 rings (SSSR count). The molecule has 3 N–H and O–H groups in total. The van der Waals surface area contributed by atoms with Gasteiger partial charge in [0.25, 0.3) is 5.91 Å². The summed E-state index contributed by atoms with van der Waals surface area (Å²) in [5.41, 5.74) is 6.63. The van der Waals surface area contributed by atoms with Crippen LogP contribution in [0.4, 0.5) is 0 Å². The van der Waals surface area contributed by atoms with Crippen LogP contribution in [0.2, 0.25) is 0 Å². The van der Waals surface area contributed by atoms with Crippen LogP contribution in [-0.2, 0) is 0 Å². The molecule has 0 spiro atoms. The molecule has 96 valence electrons. The summed E-state index contributed by atoms with van der Waals surface area (Å²) in [6.07, 6.45) is 0. The van der Waals surface area contributed by atoms with Gasteiger partial charge in [-0.25, -0.2) is 0 Å². The van der Waals surface area contributed by atoms with Crippen LogP contribution in [0.1, 0.15) is 49.0 Å². The highest BCUT2D eigenvalue weighted by atomic mass is 32.1. The number of nitrogens with zero attached hydrogens (tertiary/aromatic N) is 2. The van der Waals surface area contributed by atoms with Crippen LogP contribution in [0.15, 0.2) is 0 Å². The summed E-state index contributed by atoms with van der Waals surface area (Å²) in [6.45, 7) is 8.53. The zero-order chi connectivity index (χ0) is 13.0. The first kappa shape index (κ1) is 14.1. The highest BCUT2D eigenvalue weighted by Crippen LogP contribution is 2.19. The molecule has 0 saturated heterocycles. The van der Waals surface area contributed by atoms with Gasteiger partial charge in [0.1, 0.15) is 4.88 Å². The molecule has 0 radical (unpaired) electrons. The van der Waals surface area contributed by atoms with E-state index in [1.54, 1.807) is 0 Å². The molecule has 0 aliphatic rings. The van der Waals surface area contributed by atoms with Crippen LogP contribution in [0.5, 0.6) is 0 Å². The van der Waals surface area contributed by atoms with Gasteiger partial charge in [-0.1, -0.05) is 32.2 Å². The van der Waals surface area contributed by atoms with Gasteiger partial charge >= 0.3 is 0 Å². The smallest absolute Gasteiger partial charge is 0.265 e. The second-order valence-electron chi connectivity index (χ2n) is 4.76. The summed E-state index contributed by atoms with van der Waals surface area (Å²) in [5, 5.41) is 6.80. The molecular formula is C11H20N4OS. The van der Waals surface area contributed by atoms with Crippen LogP contribution < -0.4 is 11.1 Å². The van der Waals surface area contributed by atoms with Crippen LogP contribution in [0.3, 0.4) is 0 Å². The van der Waals surface area contributed by atoms with Gasteiger partial charge in [0.15, 0.2) is 0 Å². The Kier molecular flexibility index (Phi) is 5.02. The lowest BCUT2D eigenvalue weighted by Crippen LogP contribution is -2.40. The molecule has 1 aromatic heterocycles. The quantitative estimate of drug-likeness (QED) is 0.834. The van der Waals surface area contributed by atoms with E-state index in [0.717, 1.165) is 17.2 Å². The molecular weight excluding hydrogens is 236 g/mol. The van der Waals surface area contributed by atoms with Crippen molar-refractivity contribution >= 4 is 17.4 Å². The molecule has 17 heavy (non-hydrogen) atoms. The Hall–Kier alpha value is -1.01. The minimum absolute atomic E-state index is 0.0256. The third-order valence-corrected chi connectivity index (χ3v) is 3.36. The molecule has 0 aliphatic carbocycles. The van der Waals surface area contributed by atoms with Gasteiger partial charge < -0.3 is 11.1 Å². The molecule has 0 bridgehead atoms. The Morgan fingerprint density at radius 1 is 1.41 bits per heavy atom. The van der Waals surface area contributed by atoms with Crippen LogP contribution >= 0.6 is 11.5 Å². The van der Waals surface area contributed by atoms with Crippen LogP contribution in [0, 0.1) is 5.92 Å². The van der Waals surface area contributed by atoms with Gasteiger partial charge in [-0.2, -0.15) is 0 Å². The van der Waals surface area contributed by atoms with Crippen molar-refractivity contribution in [2.24, 2.45) is 11.7 Å². The van der Waals surface area contributed by atoms with Gasteiger partial charge in [0, 0.05) is 12.6 Å². The van der Waals surface area contributed by atoms with E-state index in [9.17, 15) is 4.79 Å². The van der Waals surface area contributed by atoms with Crippen molar-refractivity contribution in [2.75, 3.05) is 6.54 Å². The van der Waals surface area contributed by atoms with Crippen molar-refractivity contribution < 1.29 is 4.79 Å². The number of amides is 1. The number of aromatic nitrogens is 2. The maximum absolute atomic E-state index is 11.9. The molecule has 0 aromatic carbocycles. The Morgan fingerprint density at radius 2 is 2.06 bits per heavy atom. The van der Waals surface area contributed by atoms with Crippen LogP contribution in [0.25, 0.3) is 0 Å². The molecule has 1 amide bonds. The number of hydrogen-bond acceptors (Lipinski definition) is 5. The number of carbonyl (C=O) groups excluding carboxylic acids is 1. The lowest BCUT2D eigenvalue weighted by atomic mass is 10.1. The molecule has 1 aromatic rings. The Labute approximate surface area is 106 Å². The fourth-order valence-corrected chi connectivity index (χ4v) is 1.99. The molecule has 1 heterocycles. The zero-order valence-corrected chi connectivity index (χ0v) is 11.5. The summed E-state index contributed by atoms with van der Waals surface area (Å²) < 4.78 is 3.83. The Bertz CT molecular complexity index is 375. The number of nitrogens with one attached hydrogen (secondary N) is 1. The van der Waals surface area contributed by atoms with E-state index in [1.165, 1.54) is 0 Å². The van der Waals surface area contributed by atoms with E-state index in [2.05, 4.69) is 14.9 Å². The highest BCUT2D eigenvalue weighted by Gasteiger charge is 2.19. The predicted octanol–water partition coefficient (Wildman–Crippen LogP) is 1.37. The average Bonchev–Trinajstić information content (AvgIpc) is 2.73. The first-order valence-corrected chi connectivity index (χ1v) is 6.56. The molecule has 1 atom stereocenters. The number of carbonyl (C=O) groups is 1. The second-order valence-corrected chi connectivity index (χ2v) is 5.51. The Morgan fingerprint density at radius 3 is 2.59 bits per heavy atom. The van der Waals surface area contributed by atoms with Crippen molar-refractivity contribution in [1.29, 1.82) is 0 Å². The Balaban J connectivity index is 2.61. The van der Waals surface area contributed by atoms with Crippen molar-refractivity contribution in [3.63, 3.8) is 0 Å². The number of rotatable bonds is 5. The van der Waals surface area contributed by atoms with E-state index in [4.69, 9.17) is 5.73 Å². The fraction of sp³-hybridized carbons (Fsp3) is 0.727. The zero-order valence-electron chi connectivity index (χ0n) is 10.7. The standard InChI is InChI=1S/C11H20N4OS/c1-6(2)8(12)5-13-11(16)10-9(7(3)4)14-15-17-10/h6-8H,5,12H2,1-4H3,(H,13,16). The van der Waals surface area contributed by atoms with Crippen LogP contribution in [-0.4, -0.2) is 28.1 Å². The molecule has 0 fully saturated rings. The average molecular weight is 256 g/mol. The maximum Gasteiger partial charge on any atom is 0.265 e. The lowest BCUT2D eigenvalue weighted by Gasteiger charge is -2.15. The predicted molar refractivity (Wildman–Crippen MR) is 69.1 cm³/mol. The SMILES string of the molecule is CC(C)c1nnsc1C(=O)NCC(N)C(C)C. The summed E-state index contributed by atoms with van der Waals surface area (Å²) in [6, 6.07) is -0.0256. The van der Waals surface area contributed by atoms with Crippen molar-refractivity contribution in [3.8, 4) is 0 Å². The summed E-state index contributed by atoms with van der Waals surface area (Å²) in [5.74, 6) is 0.424. The van der Waals surface area contributed by atoms with Gasteiger partial charge in [0.05, 0.1) is 5.69 Å². The largest absolute Gasteiger partial charge is 0.350 e. The van der Waals surface area contributed by atoms with Crippen molar-refractivity contribution in [1.82, 2.24) is 14.9 Å². The van der Waals surface area contributed by atoms with Gasteiger partial charge in [-0.05, 0) is 23.4 Å². The van der Waals surface area contributed by atoms with E-state index in [-0.39, 0.29) is 17.9 Å². The maximum atomic E-state index is 11.9. The summed E-state index contributed by atoms with van der Waals surface area (Å²) in [4.78, 5) is 12.5. The first-order chi connectivity index (χ1) is 7.93. The number of nitrogens with two attached hydrogens (primary N) is 1. The van der Waals surface area contributed by atoms with Crippen molar-refractivity contribution in [3.05, 3.63) is 10.6 Å². The summed E-state index contributed by atoms with van der Waals surface area (Å²) >= 11 is 1.13. The monoisotopic (exact) mass is 256 g/mol. The topological polar surface area (TPSA) is 80.9 Å².